The van der Waals surface area contributed by atoms with E-state index in [0.29, 0.717) is 6.61 Å². The lowest BCUT2D eigenvalue weighted by molar-refractivity contribution is -0.106. The van der Waals surface area contributed by atoms with E-state index in [2.05, 4.69) is 0 Å². The summed E-state index contributed by atoms with van der Waals surface area (Å²) in [5.41, 5.74) is 2.08. The minimum atomic E-state index is -0.361. The summed E-state index contributed by atoms with van der Waals surface area (Å²) in [6, 6.07) is 17.8. The predicted molar refractivity (Wildman–Crippen MR) is 74.0 cm³/mol. The van der Waals surface area contributed by atoms with Crippen LogP contribution in [0.15, 0.2) is 54.6 Å². The van der Waals surface area contributed by atoms with E-state index in [0.717, 1.165) is 16.9 Å². The number of hydrogen-bond acceptors (Lipinski definition) is 3. The monoisotopic (exact) mass is 258 g/mol. The topological polar surface area (TPSA) is 27.7 Å². The first kappa shape index (κ1) is 13.6. The fraction of sp³-hybridized carbons (Fsp3) is 0.250. The van der Waals surface area contributed by atoms with Crippen molar-refractivity contribution in [2.75, 3.05) is 14.2 Å². The van der Waals surface area contributed by atoms with Gasteiger partial charge in [-0.2, -0.15) is 0 Å². The number of benzene rings is 2. The van der Waals surface area contributed by atoms with Gasteiger partial charge in [0.1, 0.15) is 12.4 Å². The lowest BCUT2D eigenvalue weighted by atomic mass is 10.2. The lowest BCUT2D eigenvalue weighted by Gasteiger charge is -2.15. The number of hydrogen-bond donors (Lipinski definition) is 0. The molecule has 0 radical (unpaired) electrons. The zero-order valence-electron chi connectivity index (χ0n) is 11.2. The fourth-order valence-electron chi connectivity index (χ4n) is 1.86. The van der Waals surface area contributed by atoms with Crippen LogP contribution in [0, 0.1) is 0 Å². The Hall–Kier alpha value is -1.84. The van der Waals surface area contributed by atoms with Crippen molar-refractivity contribution in [3.8, 4) is 5.75 Å². The molecule has 0 aliphatic rings. The molecule has 0 amide bonds. The molecule has 0 N–H and O–H groups in total. The van der Waals surface area contributed by atoms with Crippen LogP contribution in [0.25, 0.3) is 0 Å². The molecule has 0 saturated heterocycles. The number of ether oxygens (including phenoxy) is 3. The largest absolute Gasteiger partial charge is 0.489 e. The predicted octanol–water partition coefficient (Wildman–Crippen LogP) is 3.56. The Morgan fingerprint density at radius 1 is 0.895 bits per heavy atom. The first-order chi connectivity index (χ1) is 9.33. The third-order valence-electron chi connectivity index (χ3n) is 2.81. The SMILES string of the molecule is COC(OC)c1cccc(OCc2ccccc2)c1. The average Bonchev–Trinajstić information content (AvgIpc) is 2.48. The molecular formula is C16H18O3. The van der Waals surface area contributed by atoms with E-state index in [9.17, 15) is 0 Å². The van der Waals surface area contributed by atoms with Gasteiger partial charge in [0.05, 0.1) is 0 Å². The van der Waals surface area contributed by atoms with E-state index in [4.69, 9.17) is 14.2 Å². The quantitative estimate of drug-likeness (QED) is 0.741. The van der Waals surface area contributed by atoms with Gasteiger partial charge in [0, 0.05) is 19.8 Å². The summed E-state index contributed by atoms with van der Waals surface area (Å²) in [5.74, 6) is 0.806. The normalized spacial score (nSPS) is 10.7. The molecule has 2 aromatic rings. The van der Waals surface area contributed by atoms with Crippen molar-refractivity contribution >= 4 is 0 Å². The van der Waals surface area contributed by atoms with E-state index in [-0.39, 0.29) is 6.29 Å². The molecule has 0 heterocycles. The molecule has 19 heavy (non-hydrogen) atoms. The summed E-state index contributed by atoms with van der Waals surface area (Å²) >= 11 is 0. The molecule has 0 unspecified atom stereocenters. The summed E-state index contributed by atoms with van der Waals surface area (Å²) in [4.78, 5) is 0. The fourth-order valence-corrected chi connectivity index (χ4v) is 1.86. The second-order valence-electron chi connectivity index (χ2n) is 4.15. The molecule has 100 valence electrons. The van der Waals surface area contributed by atoms with Gasteiger partial charge in [0.25, 0.3) is 0 Å². The Balaban J connectivity index is 2.03. The summed E-state index contributed by atoms with van der Waals surface area (Å²) in [6.45, 7) is 0.551. The maximum Gasteiger partial charge on any atom is 0.183 e. The highest BCUT2D eigenvalue weighted by Crippen LogP contribution is 2.22. The molecule has 3 nitrogen and oxygen atoms in total. The maximum absolute atomic E-state index is 5.76. The highest BCUT2D eigenvalue weighted by molar-refractivity contribution is 5.29. The molecule has 0 aliphatic carbocycles. The van der Waals surface area contributed by atoms with E-state index in [1.54, 1.807) is 14.2 Å². The molecule has 2 aromatic carbocycles. The van der Waals surface area contributed by atoms with E-state index < -0.39 is 0 Å². The second kappa shape index (κ2) is 6.92. The summed E-state index contributed by atoms with van der Waals surface area (Å²) in [7, 11) is 3.23. The molecule has 0 atom stereocenters. The van der Waals surface area contributed by atoms with Crippen LogP contribution in [-0.2, 0) is 16.1 Å². The Labute approximate surface area is 113 Å². The molecule has 0 spiro atoms. The summed E-state index contributed by atoms with van der Waals surface area (Å²) in [5, 5.41) is 0. The average molecular weight is 258 g/mol. The van der Waals surface area contributed by atoms with Gasteiger partial charge in [-0.3, -0.25) is 0 Å². The van der Waals surface area contributed by atoms with Crippen LogP contribution in [0.3, 0.4) is 0 Å². The van der Waals surface area contributed by atoms with Gasteiger partial charge in [0.15, 0.2) is 6.29 Å². The first-order valence-corrected chi connectivity index (χ1v) is 6.15. The Morgan fingerprint density at radius 2 is 1.63 bits per heavy atom. The van der Waals surface area contributed by atoms with Crippen molar-refractivity contribution in [2.24, 2.45) is 0 Å². The molecule has 0 fully saturated rings. The highest BCUT2D eigenvalue weighted by atomic mass is 16.7. The minimum absolute atomic E-state index is 0.361. The zero-order valence-corrected chi connectivity index (χ0v) is 11.2. The maximum atomic E-state index is 5.76. The number of rotatable bonds is 6. The van der Waals surface area contributed by atoms with Crippen LogP contribution in [0.5, 0.6) is 5.75 Å². The molecule has 0 aliphatic heterocycles. The zero-order chi connectivity index (χ0) is 13.5. The van der Waals surface area contributed by atoms with Crippen molar-refractivity contribution in [2.45, 2.75) is 12.9 Å². The van der Waals surface area contributed by atoms with E-state index in [1.165, 1.54) is 0 Å². The molecule has 0 saturated carbocycles. The van der Waals surface area contributed by atoms with Crippen LogP contribution >= 0.6 is 0 Å². The second-order valence-corrected chi connectivity index (χ2v) is 4.15. The Kier molecular flexibility index (Phi) is 4.95. The van der Waals surface area contributed by atoms with Crippen LogP contribution in [-0.4, -0.2) is 14.2 Å². The standard InChI is InChI=1S/C16H18O3/c1-17-16(18-2)14-9-6-10-15(11-14)19-12-13-7-4-3-5-8-13/h3-11,16H,12H2,1-2H3. The van der Waals surface area contributed by atoms with Crippen LogP contribution in [0.4, 0.5) is 0 Å². The van der Waals surface area contributed by atoms with Crippen molar-refractivity contribution in [1.82, 2.24) is 0 Å². The van der Waals surface area contributed by atoms with E-state index in [1.807, 2.05) is 54.6 Å². The van der Waals surface area contributed by atoms with Crippen LogP contribution in [0.1, 0.15) is 17.4 Å². The van der Waals surface area contributed by atoms with Gasteiger partial charge < -0.3 is 14.2 Å². The molecular weight excluding hydrogens is 240 g/mol. The molecule has 0 bridgehead atoms. The first-order valence-electron chi connectivity index (χ1n) is 6.15. The lowest BCUT2D eigenvalue weighted by Crippen LogP contribution is -2.04. The Bertz CT molecular complexity index is 492. The van der Waals surface area contributed by atoms with Crippen molar-refractivity contribution in [3.05, 3.63) is 65.7 Å². The van der Waals surface area contributed by atoms with Crippen LogP contribution in [0.2, 0.25) is 0 Å². The molecule has 2 rings (SSSR count). The van der Waals surface area contributed by atoms with Gasteiger partial charge in [-0.05, 0) is 17.7 Å². The Morgan fingerprint density at radius 3 is 2.32 bits per heavy atom. The van der Waals surface area contributed by atoms with Crippen molar-refractivity contribution in [3.63, 3.8) is 0 Å². The van der Waals surface area contributed by atoms with Gasteiger partial charge in [-0.1, -0.05) is 42.5 Å². The summed E-state index contributed by atoms with van der Waals surface area (Å²) in [6.07, 6.45) is -0.361. The van der Waals surface area contributed by atoms with Gasteiger partial charge in [-0.25, -0.2) is 0 Å². The van der Waals surface area contributed by atoms with Crippen LogP contribution < -0.4 is 4.74 Å². The third-order valence-corrected chi connectivity index (χ3v) is 2.81. The molecule has 3 heteroatoms. The third kappa shape index (κ3) is 3.81. The minimum Gasteiger partial charge on any atom is -0.489 e. The molecule has 0 aromatic heterocycles. The number of methoxy groups -OCH3 is 2. The van der Waals surface area contributed by atoms with Gasteiger partial charge in [-0.15, -0.1) is 0 Å². The smallest absolute Gasteiger partial charge is 0.183 e. The van der Waals surface area contributed by atoms with Crippen molar-refractivity contribution < 1.29 is 14.2 Å². The van der Waals surface area contributed by atoms with Gasteiger partial charge in [0.2, 0.25) is 0 Å². The van der Waals surface area contributed by atoms with E-state index >= 15 is 0 Å². The summed E-state index contributed by atoms with van der Waals surface area (Å²) < 4.78 is 16.2. The van der Waals surface area contributed by atoms with Crippen molar-refractivity contribution in [1.29, 1.82) is 0 Å². The highest BCUT2D eigenvalue weighted by Gasteiger charge is 2.09. The van der Waals surface area contributed by atoms with Gasteiger partial charge >= 0.3 is 0 Å².